The molecular weight excluding hydrogens is 341 g/mol. The van der Waals surface area contributed by atoms with Gasteiger partial charge in [-0.3, -0.25) is 4.68 Å². The van der Waals surface area contributed by atoms with E-state index in [0.717, 1.165) is 26.4 Å². The molecule has 2 aromatic heterocycles. The van der Waals surface area contributed by atoms with E-state index in [4.69, 9.17) is 0 Å². The van der Waals surface area contributed by atoms with E-state index in [0.29, 0.717) is 4.88 Å². The Bertz CT molecular complexity index is 535. The SMILES string of the molecule is COC(=O)c1snc(-c2cnn(C)c2)c1I. The third kappa shape index (κ3) is 1.96. The van der Waals surface area contributed by atoms with Crippen LogP contribution >= 0.6 is 34.1 Å². The summed E-state index contributed by atoms with van der Waals surface area (Å²) in [5.74, 6) is -0.350. The van der Waals surface area contributed by atoms with Crippen molar-refractivity contribution in [3.8, 4) is 11.3 Å². The van der Waals surface area contributed by atoms with Crippen molar-refractivity contribution in [3.63, 3.8) is 0 Å². The number of esters is 1. The van der Waals surface area contributed by atoms with Gasteiger partial charge in [-0.1, -0.05) is 0 Å². The molecular formula is C9H8IN3O2S. The first-order valence-electron chi connectivity index (χ1n) is 4.36. The summed E-state index contributed by atoms with van der Waals surface area (Å²) in [6, 6.07) is 0. The molecule has 7 heteroatoms. The lowest BCUT2D eigenvalue weighted by Gasteiger charge is -1.95. The van der Waals surface area contributed by atoms with Gasteiger partial charge < -0.3 is 4.74 Å². The molecule has 0 saturated carbocycles. The highest BCUT2D eigenvalue weighted by atomic mass is 127. The maximum absolute atomic E-state index is 11.4. The average Bonchev–Trinajstić information content (AvgIpc) is 2.83. The van der Waals surface area contributed by atoms with Gasteiger partial charge in [-0.2, -0.15) is 9.47 Å². The van der Waals surface area contributed by atoms with Crippen LogP contribution in [-0.4, -0.2) is 27.2 Å². The molecule has 84 valence electrons. The monoisotopic (exact) mass is 349 g/mol. The predicted octanol–water partition coefficient (Wildman–Crippen LogP) is 1.93. The molecule has 0 aliphatic carbocycles. The number of methoxy groups -OCH3 is 1. The Balaban J connectivity index is 2.44. The second-order valence-corrected chi connectivity index (χ2v) is 4.92. The summed E-state index contributed by atoms with van der Waals surface area (Å²) in [6.07, 6.45) is 3.58. The van der Waals surface area contributed by atoms with Gasteiger partial charge in [0.2, 0.25) is 0 Å². The third-order valence-electron chi connectivity index (χ3n) is 1.98. The Hall–Kier alpha value is -0.960. The summed E-state index contributed by atoms with van der Waals surface area (Å²) in [4.78, 5) is 11.9. The van der Waals surface area contributed by atoms with Crippen molar-refractivity contribution in [1.82, 2.24) is 14.2 Å². The maximum Gasteiger partial charge on any atom is 0.350 e. The van der Waals surface area contributed by atoms with Crippen LogP contribution in [0.3, 0.4) is 0 Å². The van der Waals surface area contributed by atoms with Crippen LogP contribution in [0.1, 0.15) is 9.67 Å². The van der Waals surface area contributed by atoms with Crippen LogP contribution in [0.4, 0.5) is 0 Å². The van der Waals surface area contributed by atoms with Gasteiger partial charge in [0.25, 0.3) is 0 Å². The number of hydrogen-bond acceptors (Lipinski definition) is 5. The first kappa shape index (κ1) is 11.5. The fourth-order valence-corrected chi connectivity index (χ4v) is 3.05. The number of carbonyl (C=O) groups is 1. The molecule has 0 amide bonds. The molecule has 0 fully saturated rings. The zero-order valence-corrected chi connectivity index (χ0v) is 11.6. The Morgan fingerprint density at radius 2 is 2.38 bits per heavy atom. The minimum atomic E-state index is -0.350. The molecule has 0 unspecified atom stereocenters. The Labute approximate surface area is 110 Å². The molecule has 0 spiro atoms. The van der Waals surface area contributed by atoms with E-state index >= 15 is 0 Å². The number of aromatic nitrogens is 3. The number of aryl methyl sites for hydroxylation is 1. The normalized spacial score (nSPS) is 10.4. The lowest BCUT2D eigenvalue weighted by atomic mass is 10.2. The number of nitrogens with zero attached hydrogens (tertiary/aromatic N) is 3. The Morgan fingerprint density at radius 1 is 1.62 bits per heavy atom. The van der Waals surface area contributed by atoms with Gasteiger partial charge >= 0.3 is 5.97 Å². The number of carbonyl (C=O) groups excluding carboxylic acids is 1. The van der Waals surface area contributed by atoms with Crippen LogP contribution < -0.4 is 0 Å². The summed E-state index contributed by atoms with van der Waals surface area (Å²) in [7, 11) is 3.20. The summed E-state index contributed by atoms with van der Waals surface area (Å²) in [5.41, 5.74) is 1.68. The number of ether oxygens (including phenoxy) is 1. The number of halogens is 1. The van der Waals surface area contributed by atoms with Crippen LogP contribution in [0.15, 0.2) is 12.4 Å². The van der Waals surface area contributed by atoms with Gasteiger partial charge in [-0.05, 0) is 34.1 Å². The third-order valence-corrected chi connectivity index (χ3v) is 4.23. The molecule has 16 heavy (non-hydrogen) atoms. The van der Waals surface area contributed by atoms with Gasteiger partial charge in [0.15, 0.2) is 0 Å². The molecule has 0 aliphatic rings. The molecule has 0 radical (unpaired) electrons. The predicted molar refractivity (Wildman–Crippen MR) is 68.4 cm³/mol. The molecule has 5 nitrogen and oxygen atoms in total. The van der Waals surface area contributed by atoms with Gasteiger partial charge in [0, 0.05) is 18.8 Å². The fourth-order valence-electron chi connectivity index (χ4n) is 1.22. The highest BCUT2D eigenvalue weighted by Crippen LogP contribution is 2.29. The molecule has 0 bridgehead atoms. The smallest absolute Gasteiger partial charge is 0.350 e. The summed E-state index contributed by atoms with van der Waals surface area (Å²) >= 11 is 3.24. The standard InChI is InChI=1S/C9H8IN3O2S/c1-13-4-5(3-11-13)7-6(10)8(16-12-7)9(14)15-2/h3-4H,1-2H3. The molecule has 0 saturated heterocycles. The van der Waals surface area contributed by atoms with Crippen molar-refractivity contribution in [2.75, 3.05) is 7.11 Å². The van der Waals surface area contributed by atoms with Crippen LogP contribution in [-0.2, 0) is 11.8 Å². The van der Waals surface area contributed by atoms with E-state index in [2.05, 4.69) is 36.8 Å². The Morgan fingerprint density at radius 3 is 2.94 bits per heavy atom. The van der Waals surface area contributed by atoms with Crippen molar-refractivity contribution in [2.45, 2.75) is 0 Å². The maximum atomic E-state index is 11.4. The van der Waals surface area contributed by atoms with Crippen molar-refractivity contribution in [2.24, 2.45) is 7.05 Å². The van der Waals surface area contributed by atoms with Crippen molar-refractivity contribution in [3.05, 3.63) is 20.8 Å². The van der Waals surface area contributed by atoms with Crippen LogP contribution in [0.5, 0.6) is 0 Å². The fraction of sp³-hybridized carbons (Fsp3) is 0.222. The van der Waals surface area contributed by atoms with Crippen LogP contribution in [0.25, 0.3) is 11.3 Å². The second kappa shape index (κ2) is 4.50. The van der Waals surface area contributed by atoms with Gasteiger partial charge in [0.05, 0.1) is 16.9 Å². The summed E-state index contributed by atoms with van der Waals surface area (Å²) < 4.78 is 11.4. The molecule has 0 atom stereocenters. The first-order chi connectivity index (χ1) is 7.63. The van der Waals surface area contributed by atoms with E-state index in [9.17, 15) is 4.79 Å². The number of rotatable bonds is 2. The minimum absolute atomic E-state index is 0.350. The lowest BCUT2D eigenvalue weighted by molar-refractivity contribution is 0.0605. The van der Waals surface area contributed by atoms with Gasteiger partial charge in [-0.15, -0.1) is 0 Å². The minimum Gasteiger partial charge on any atom is -0.465 e. The molecule has 0 aromatic carbocycles. The van der Waals surface area contributed by atoms with Crippen LogP contribution in [0.2, 0.25) is 0 Å². The van der Waals surface area contributed by atoms with Gasteiger partial charge in [0.1, 0.15) is 10.6 Å². The zero-order valence-electron chi connectivity index (χ0n) is 8.60. The summed E-state index contributed by atoms with van der Waals surface area (Å²) in [5, 5.41) is 4.07. The van der Waals surface area contributed by atoms with Crippen molar-refractivity contribution in [1.29, 1.82) is 0 Å². The van der Waals surface area contributed by atoms with E-state index < -0.39 is 0 Å². The zero-order chi connectivity index (χ0) is 11.7. The van der Waals surface area contributed by atoms with E-state index in [-0.39, 0.29) is 5.97 Å². The molecule has 2 heterocycles. The van der Waals surface area contributed by atoms with E-state index in [1.165, 1.54) is 7.11 Å². The first-order valence-corrected chi connectivity index (χ1v) is 6.21. The molecule has 2 aromatic rings. The average molecular weight is 349 g/mol. The second-order valence-electron chi connectivity index (χ2n) is 3.07. The Kier molecular flexibility index (Phi) is 3.24. The van der Waals surface area contributed by atoms with Crippen molar-refractivity contribution < 1.29 is 9.53 Å². The van der Waals surface area contributed by atoms with Crippen molar-refractivity contribution >= 4 is 40.1 Å². The molecule has 0 aliphatic heterocycles. The molecule has 0 N–H and O–H groups in total. The van der Waals surface area contributed by atoms with Crippen LogP contribution in [0, 0.1) is 3.57 Å². The van der Waals surface area contributed by atoms with E-state index in [1.807, 2.05) is 13.2 Å². The topological polar surface area (TPSA) is 57.0 Å². The number of hydrogen-bond donors (Lipinski definition) is 0. The largest absolute Gasteiger partial charge is 0.465 e. The molecule has 2 rings (SSSR count). The highest BCUT2D eigenvalue weighted by molar-refractivity contribution is 14.1. The highest BCUT2D eigenvalue weighted by Gasteiger charge is 2.19. The quantitative estimate of drug-likeness (QED) is 0.614. The van der Waals surface area contributed by atoms with Gasteiger partial charge in [-0.25, -0.2) is 4.79 Å². The lowest BCUT2D eigenvalue weighted by Crippen LogP contribution is -1.99. The summed E-state index contributed by atoms with van der Waals surface area (Å²) in [6.45, 7) is 0. The van der Waals surface area contributed by atoms with E-state index in [1.54, 1.807) is 10.9 Å².